The van der Waals surface area contributed by atoms with Gasteiger partial charge < -0.3 is 9.84 Å². The first-order valence-corrected chi connectivity index (χ1v) is 9.76. The van der Waals surface area contributed by atoms with Gasteiger partial charge in [0.15, 0.2) is 12.2 Å². The number of benzene rings is 1. The summed E-state index contributed by atoms with van der Waals surface area (Å²) >= 11 is 0. The van der Waals surface area contributed by atoms with E-state index in [1.54, 1.807) is 0 Å². The number of carbonyl (C=O) groups excluding carboxylic acids is 1. The molecular formula is C22H32NNaO3. The van der Waals surface area contributed by atoms with Crippen molar-refractivity contribution in [1.82, 2.24) is 4.90 Å². The van der Waals surface area contributed by atoms with Crippen LogP contribution in [-0.2, 0) is 15.1 Å². The van der Waals surface area contributed by atoms with Crippen molar-refractivity contribution in [2.24, 2.45) is 5.92 Å². The van der Waals surface area contributed by atoms with Crippen LogP contribution < -0.4 is 0 Å². The number of carbonyl (C=O) groups is 1. The molecule has 1 aliphatic carbocycles. The molecule has 1 aliphatic rings. The van der Waals surface area contributed by atoms with Gasteiger partial charge in [-0.3, -0.25) is 4.90 Å². The van der Waals surface area contributed by atoms with Gasteiger partial charge in [0.25, 0.3) is 0 Å². The van der Waals surface area contributed by atoms with Crippen molar-refractivity contribution >= 4 is 35.5 Å². The Morgan fingerprint density at radius 1 is 1.15 bits per heavy atom. The Balaban J connectivity index is 0.00000364. The summed E-state index contributed by atoms with van der Waals surface area (Å²) in [5, 5.41) is 11.4. The van der Waals surface area contributed by atoms with Gasteiger partial charge in [-0.25, -0.2) is 4.79 Å². The quantitative estimate of drug-likeness (QED) is 0.448. The Morgan fingerprint density at radius 3 is 2.37 bits per heavy atom. The Morgan fingerprint density at radius 2 is 1.78 bits per heavy atom. The molecular weight excluding hydrogens is 349 g/mol. The summed E-state index contributed by atoms with van der Waals surface area (Å²) in [7, 11) is 0. The van der Waals surface area contributed by atoms with E-state index in [0.29, 0.717) is 12.1 Å². The molecule has 4 nitrogen and oxygen atoms in total. The molecule has 1 saturated carbocycles. The van der Waals surface area contributed by atoms with Crippen LogP contribution in [0, 0.1) is 17.8 Å². The fourth-order valence-electron chi connectivity index (χ4n) is 3.61. The first-order chi connectivity index (χ1) is 12.6. The standard InChI is InChI=1S/C22H31NO3.Na.H/c1-3-23(4-2)17-11-12-18-26-21(24)22(25,19-13-7-5-8-14-19)20-15-9-6-10-16-20;;/h5,7-8,13-14,20,25H,3-4,6,9-10,15-18H2,1-2H3;;. The molecule has 1 aromatic rings. The van der Waals surface area contributed by atoms with Crippen LogP contribution in [0.25, 0.3) is 0 Å². The maximum absolute atomic E-state index is 12.8. The van der Waals surface area contributed by atoms with E-state index in [-0.39, 0.29) is 42.1 Å². The third-order valence-electron chi connectivity index (χ3n) is 5.32. The molecule has 0 saturated heterocycles. The minimum absolute atomic E-state index is 0. The third-order valence-corrected chi connectivity index (χ3v) is 5.32. The number of hydrogen-bond acceptors (Lipinski definition) is 4. The van der Waals surface area contributed by atoms with E-state index in [0.717, 1.165) is 45.2 Å². The van der Waals surface area contributed by atoms with Crippen molar-refractivity contribution in [1.29, 1.82) is 0 Å². The average molecular weight is 381 g/mol. The van der Waals surface area contributed by atoms with Gasteiger partial charge in [0.2, 0.25) is 0 Å². The van der Waals surface area contributed by atoms with Crippen molar-refractivity contribution in [3.63, 3.8) is 0 Å². The number of esters is 1. The molecule has 2 rings (SSSR count). The first-order valence-electron chi connectivity index (χ1n) is 9.76. The van der Waals surface area contributed by atoms with Crippen LogP contribution in [0.5, 0.6) is 0 Å². The molecule has 1 N–H and O–H groups in total. The fraction of sp³-hybridized carbons (Fsp3) is 0.591. The molecule has 27 heavy (non-hydrogen) atoms. The molecule has 1 atom stereocenters. The predicted octanol–water partition coefficient (Wildman–Crippen LogP) is 2.69. The molecule has 0 radical (unpaired) electrons. The Labute approximate surface area is 186 Å². The van der Waals surface area contributed by atoms with Crippen molar-refractivity contribution in [2.75, 3.05) is 26.2 Å². The molecule has 1 fully saturated rings. The van der Waals surface area contributed by atoms with E-state index in [1.165, 1.54) is 0 Å². The van der Waals surface area contributed by atoms with Crippen molar-refractivity contribution < 1.29 is 14.6 Å². The van der Waals surface area contributed by atoms with Crippen LogP contribution in [0.15, 0.2) is 30.3 Å². The Hall–Kier alpha value is -0.830. The fourth-order valence-corrected chi connectivity index (χ4v) is 3.61. The Bertz CT molecular complexity index is 615. The molecule has 0 heterocycles. The third kappa shape index (κ3) is 6.62. The van der Waals surface area contributed by atoms with Crippen molar-refractivity contribution in [3.05, 3.63) is 35.9 Å². The zero-order valence-corrected chi connectivity index (χ0v) is 16.0. The van der Waals surface area contributed by atoms with Gasteiger partial charge in [-0.2, -0.15) is 0 Å². The molecule has 0 bridgehead atoms. The van der Waals surface area contributed by atoms with Gasteiger partial charge >= 0.3 is 35.5 Å². The van der Waals surface area contributed by atoms with E-state index >= 15 is 0 Å². The molecule has 0 amide bonds. The topological polar surface area (TPSA) is 49.8 Å². The number of ether oxygens (including phenoxy) is 1. The van der Waals surface area contributed by atoms with Crippen LogP contribution in [-0.4, -0.2) is 71.8 Å². The van der Waals surface area contributed by atoms with Gasteiger partial charge in [0.1, 0.15) is 0 Å². The summed E-state index contributed by atoms with van der Waals surface area (Å²) in [5.41, 5.74) is -0.963. The second-order valence-corrected chi connectivity index (χ2v) is 6.86. The SMILES string of the molecule is CCN(CC)CC#CCOC(=O)C(O)(c1ccccc1)C1CCCCC1.[NaH]. The van der Waals surface area contributed by atoms with Gasteiger partial charge in [-0.15, -0.1) is 0 Å². The minimum atomic E-state index is -1.58. The van der Waals surface area contributed by atoms with Crippen LogP contribution in [0.3, 0.4) is 0 Å². The molecule has 144 valence electrons. The second kappa shape index (κ2) is 12.6. The number of nitrogens with zero attached hydrogens (tertiary/aromatic N) is 1. The predicted molar refractivity (Wildman–Crippen MR) is 111 cm³/mol. The molecule has 0 spiro atoms. The van der Waals surface area contributed by atoms with Crippen molar-refractivity contribution in [2.45, 2.75) is 51.6 Å². The maximum atomic E-state index is 12.8. The summed E-state index contributed by atoms with van der Waals surface area (Å²) in [6.07, 6.45) is 4.92. The second-order valence-electron chi connectivity index (χ2n) is 6.86. The van der Waals surface area contributed by atoms with Crippen LogP contribution in [0.4, 0.5) is 0 Å². The zero-order valence-electron chi connectivity index (χ0n) is 16.0. The number of aliphatic hydroxyl groups is 1. The van der Waals surface area contributed by atoms with Gasteiger partial charge in [0.05, 0.1) is 6.54 Å². The number of rotatable bonds is 7. The van der Waals surface area contributed by atoms with Gasteiger partial charge in [0, 0.05) is 5.92 Å². The van der Waals surface area contributed by atoms with Crippen molar-refractivity contribution in [3.8, 4) is 11.8 Å². The summed E-state index contributed by atoms with van der Waals surface area (Å²) in [5.74, 6) is 5.25. The van der Waals surface area contributed by atoms with E-state index in [2.05, 4.69) is 30.6 Å². The number of hydrogen-bond donors (Lipinski definition) is 1. The van der Waals surface area contributed by atoms with E-state index in [1.807, 2.05) is 30.3 Å². The summed E-state index contributed by atoms with van der Waals surface area (Å²) in [6, 6.07) is 9.19. The molecule has 1 unspecified atom stereocenters. The molecule has 1 aromatic carbocycles. The summed E-state index contributed by atoms with van der Waals surface area (Å²) in [4.78, 5) is 15.0. The average Bonchev–Trinajstić information content (AvgIpc) is 2.71. The van der Waals surface area contributed by atoms with Crippen LogP contribution in [0.1, 0.15) is 51.5 Å². The van der Waals surface area contributed by atoms with Crippen LogP contribution in [0.2, 0.25) is 0 Å². The summed E-state index contributed by atoms with van der Waals surface area (Å²) < 4.78 is 5.38. The molecule has 5 heteroatoms. The zero-order chi connectivity index (χ0) is 18.8. The first kappa shape index (κ1) is 24.2. The molecule has 0 aliphatic heterocycles. The normalized spacial score (nSPS) is 16.6. The van der Waals surface area contributed by atoms with Gasteiger partial charge in [-0.1, -0.05) is 75.3 Å². The monoisotopic (exact) mass is 381 g/mol. The molecule has 0 aromatic heterocycles. The van der Waals surface area contributed by atoms with Crippen LogP contribution >= 0.6 is 0 Å². The van der Waals surface area contributed by atoms with E-state index in [9.17, 15) is 9.90 Å². The Kier molecular flexibility index (Phi) is 11.3. The van der Waals surface area contributed by atoms with E-state index < -0.39 is 11.6 Å². The van der Waals surface area contributed by atoms with E-state index in [4.69, 9.17) is 4.74 Å². The van der Waals surface area contributed by atoms with Gasteiger partial charge in [-0.05, 0) is 31.5 Å². The summed E-state index contributed by atoms with van der Waals surface area (Å²) in [6.45, 7) is 6.75.